The second-order valence-corrected chi connectivity index (χ2v) is 17.1. The number of hydrogen-bond donors (Lipinski definition) is 5. The fourth-order valence-electron chi connectivity index (χ4n) is 12.2. The Morgan fingerprint density at radius 3 is 2.28 bits per heavy atom. The minimum atomic E-state index is -1.39. The third kappa shape index (κ3) is 4.49. The van der Waals surface area contributed by atoms with Gasteiger partial charge in [-0.2, -0.15) is 0 Å². The largest absolute Gasteiger partial charge is 0.481 e. The molecule has 46 heavy (non-hydrogen) atoms. The highest BCUT2D eigenvalue weighted by Crippen LogP contribution is 2.76. The zero-order valence-corrected chi connectivity index (χ0v) is 28.5. The predicted octanol–water partition coefficient (Wildman–Crippen LogP) is 3.82. The molecule has 5 aliphatic carbocycles. The molecule has 0 amide bonds. The summed E-state index contributed by atoms with van der Waals surface area (Å²) in [7, 11) is 1.42. The number of aliphatic carboxylic acids is 1. The molecule has 0 radical (unpaired) electrons. The zero-order valence-electron chi connectivity index (χ0n) is 28.5. The summed E-state index contributed by atoms with van der Waals surface area (Å²) in [5.74, 6) is -0.822. The van der Waals surface area contributed by atoms with Crippen molar-refractivity contribution in [1.29, 1.82) is 0 Å². The molecule has 14 atom stereocenters. The molecule has 6 rings (SSSR count). The number of rotatable bonds is 5. The van der Waals surface area contributed by atoms with Crippen LogP contribution in [0, 0.1) is 50.2 Å². The lowest BCUT2D eigenvalue weighted by atomic mass is 9.33. The average Bonchev–Trinajstić information content (AvgIpc) is 3.02. The lowest BCUT2D eigenvalue weighted by Gasteiger charge is -2.71. The summed E-state index contributed by atoms with van der Waals surface area (Å²) in [5.41, 5.74) is -1.47. The van der Waals surface area contributed by atoms with Crippen LogP contribution in [0.4, 0.5) is 0 Å². The van der Waals surface area contributed by atoms with Crippen LogP contribution in [0.5, 0.6) is 0 Å². The standard InChI is InChI=1S/C36H56O10/c1-31(30(43)44-6)13-15-36(29(41)42)16-14-34(4)20(21(36)17-31)7-8-24-32(2)11-10-25(46-28-27(40)26(39)22(38)18-45-28)33(3,19-37)23(32)9-12-35(24,34)5/h7,21-28,37-40H,8-19H2,1-6H3,(H,41,42)/t21-,22-,23-,24+,25-,26+,27-,28+,31-,32-,33-,34+,35+,36-/m0/s1. The third-order valence-corrected chi connectivity index (χ3v) is 15.3. The number of fused-ring (bicyclic) bond motifs is 7. The summed E-state index contributed by atoms with van der Waals surface area (Å²) >= 11 is 0. The number of hydrogen-bond acceptors (Lipinski definition) is 9. The van der Waals surface area contributed by atoms with Crippen LogP contribution in [-0.2, 0) is 23.8 Å². The molecule has 1 heterocycles. The maximum atomic E-state index is 13.0. The number of carbonyl (C=O) groups excluding carboxylic acids is 1. The van der Waals surface area contributed by atoms with Crippen molar-refractivity contribution in [3.63, 3.8) is 0 Å². The first-order valence-corrected chi connectivity index (χ1v) is 17.4. The Balaban J connectivity index is 1.33. The molecule has 6 aliphatic rings. The first-order chi connectivity index (χ1) is 21.5. The van der Waals surface area contributed by atoms with Gasteiger partial charge in [-0.1, -0.05) is 39.3 Å². The highest BCUT2D eigenvalue weighted by atomic mass is 16.7. The van der Waals surface area contributed by atoms with Gasteiger partial charge < -0.3 is 39.7 Å². The van der Waals surface area contributed by atoms with E-state index in [-0.39, 0.29) is 47.3 Å². The number of methoxy groups -OCH3 is 1. The van der Waals surface area contributed by atoms with E-state index >= 15 is 0 Å². The smallest absolute Gasteiger partial charge is 0.311 e. The van der Waals surface area contributed by atoms with E-state index in [1.165, 1.54) is 12.7 Å². The Hall–Kier alpha value is -1.56. The van der Waals surface area contributed by atoms with Gasteiger partial charge in [0, 0.05) is 5.41 Å². The highest BCUT2D eigenvalue weighted by molar-refractivity contribution is 5.80. The van der Waals surface area contributed by atoms with E-state index in [0.29, 0.717) is 38.0 Å². The van der Waals surface area contributed by atoms with E-state index in [2.05, 4.69) is 33.8 Å². The van der Waals surface area contributed by atoms with Crippen molar-refractivity contribution in [3.05, 3.63) is 11.6 Å². The molecule has 0 aromatic heterocycles. The summed E-state index contributed by atoms with van der Waals surface area (Å²) in [6, 6.07) is 0. The van der Waals surface area contributed by atoms with E-state index in [4.69, 9.17) is 14.2 Å². The van der Waals surface area contributed by atoms with Crippen LogP contribution in [0.25, 0.3) is 0 Å². The minimum absolute atomic E-state index is 0.0942. The molecule has 5 N–H and O–H groups in total. The fraction of sp³-hybridized carbons (Fsp3) is 0.889. The van der Waals surface area contributed by atoms with Gasteiger partial charge in [0.15, 0.2) is 6.29 Å². The number of allylic oxidation sites excluding steroid dienone is 2. The molecule has 0 unspecified atom stereocenters. The Labute approximate surface area is 272 Å². The predicted molar refractivity (Wildman–Crippen MR) is 167 cm³/mol. The van der Waals surface area contributed by atoms with Crippen molar-refractivity contribution in [3.8, 4) is 0 Å². The Morgan fingerprint density at radius 2 is 1.63 bits per heavy atom. The molecule has 0 aromatic rings. The lowest BCUT2D eigenvalue weighted by molar-refractivity contribution is -0.312. The zero-order chi connectivity index (χ0) is 33.7. The van der Waals surface area contributed by atoms with Crippen molar-refractivity contribution >= 4 is 11.9 Å². The van der Waals surface area contributed by atoms with Crippen LogP contribution < -0.4 is 0 Å². The molecule has 0 aromatic carbocycles. The van der Waals surface area contributed by atoms with Gasteiger partial charge in [-0.05, 0) is 105 Å². The van der Waals surface area contributed by atoms with Crippen LogP contribution in [0.1, 0.15) is 98.8 Å². The number of ether oxygens (including phenoxy) is 3. The third-order valence-electron chi connectivity index (χ3n) is 15.3. The van der Waals surface area contributed by atoms with Crippen LogP contribution >= 0.6 is 0 Å². The molecular weight excluding hydrogens is 592 g/mol. The minimum Gasteiger partial charge on any atom is -0.481 e. The van der Waals surface area contributed by atoms with Gasteiger partial charge in [-0.15, -0.1) is 0 Å². The molecule has 1 aliphatic heterocycles. The van der Waals surface area contributed by atoms with E-state index in [1.807, 2.05) is 6.92 Å². The molecule has 10 heteroatoms. The van der Waals surface area contributed by atoms with Crippen LogP contribution in [-0.4, -0.2) is 88.5 Å². The lowest BCUT2D eigenvalue weighted by Crippen LogP contribution is -2.66. The highest BCUT2D eigenvalue weighted by Gasteiger charge is 2.70. The summed E-state index contributed by atoms with van der Waals surface area (Å²) in [6.45, 7) is 10.9. The second kappa shape index (κ2) is 11.2. The monoisotopic (exact) mass is 648 g/mol. The van der Waals surface area contributed by atoms with Gasteiger partial charge in [0.05, 0.1) is 37.3 Å². The first-order valence-electron chi connectivity index (χ1n) is 17.4. The Morgan fingerprint density at radius 1 is 0.935 bits per heavy atom. The molecule has 5 fully saturated rings. The second-order valence-electron chi connectivity index (χ2n) is 17.1. The van der Waals surface area contributed by atoms with Gasteiger partial charge in [-0.25, -0.2) is 0 Å². The number of esters is 1. The van der Waals surface area contributed by atoms with Crippen LogP contribution in [0.15, 0.2) is 11.6 Å². The normalized spacial score (nSPS) is 53.5. The van der Waals surface area contributed by atoms with E-state index in [1.54, 1.807) is 0 Å². The maximum Gasteiger partial charge on any atom is 0.311 e. The van der Waals surface area contributed by atoms with Gasteiger partial charge >= 0.3 is 11.9 Å². The molecule has 0 spiro atoms. The van der Waals surface area contributed by atoms with Crippen molar-refractivity contribution in [1.82, 2.24) is 0 Å². The first kappa shape index (κ1) is 34.3. The van der Waals surface area contributed by atoms with Gasteiger partial charge in [0.1, 0.15) is 18.3 Å². The summed E-state index contributed by atoms with van der Waals surface area (Å²) in [5, 5.41) is 52.5. The van der Waals surface area contributed by atoms with Gasteiger partial charge in [0.25, 0.3) is 0 Å². The van der Waals surface area contributed by atoms with Crippen LogP contribution in [0.3, 0.4) is 0 Å². The summed E-state index contributed by atoms with van der Waals surface area (Å²) < 4.78 is 17.2. The van der Waals surface area contributed by atoms with E-state index in [9.17, 15) is 35.1 Å². The SMILES string of the molecule is COC(=O)[C@@]1(C)CC[C@]2(C(=O)O)CC[C@]3(C)C(=CC[C@@H]4[C@@]5(C)CC[C@H](O[C@H]6OC[C@H](O)[C@@H](O)[C@@H]6O)[C@@](C)(CO)[C@H]5CC[C@]43C)[C@@H]2C1. The molecule has 260 valence electrons. The molecular formula is C36H56O10. The van der Waals surface area contributed by atoms with E-state index < -0.39 is 52.9 Å². The van der Waals surface area contributed by atoms with Crippen molar-refractivity contribution in [2.24, 2.45) is 50.2 Å². The number of aliphatic hydroxyl groups is 4. The van der Waals surface area contributed by atoms with Gasteiger partial charge in [-0.3, -0.25) is 9.59 Å². The van der Waals surface area contributed by atoms with Gasteiger partial charge in [0.2, 0.25) is 0 Å². The quantitative estimate of drug-likeness (QED) is 0.168. The number of carboxylic acids is 1. The molecule has 4 saturated carbocycles. The summed E-state index contributed by atoms with van der Waals surface area (Å²) in [6.07, 6.45) is 3.88. The number of carbonyl (C=O) groups is 2. The topological polar surface area (TPSA) is 163 Å². The average molecular weight is 649 g/mol. The molecule has 0 bridgehead atoms. The number of carboxylic acid groups (broad SMARTS) is 1. The maximum absolute atomic E-state index is 13.0. The fourth-order valence-corrected chi connectivity index (χ4v) is 12.2. The summed E-state index contributed by atoms with van der Waals surface area (Å²) in [4.78, 5) is 26.0. The Kier molecular flexibility index (Phi) is 8.38. The van der Waals surface area contributed by atoms with Crippen LogP contribution in [0.2, 0.25) is 0 Å². The van der Waals surface area contributed by atoms with Crippen molar-refractivity contribution < 1.29 is 49.3 Å². The Bertz CT molecular complexity index is 1270. The number of aliphatic hydroxyl groups excluding tert-OH is 4. The van der Waals surface area contributed by atoms with Crippen molar-refractivity contribution in [2.45, 2.75) is 130 Å². The molecule has 10 nitrogen and oxygen atoms in total. The van der Waals surface area contributed by atoms with Crippen molar-refractivity contribution in [2.75, 3.05) is 20.3 Å². The van der Waals surface area contributed by atoms with E-state index in [0.717, 1.165) is 32.1 Å². The molecule has 1 saturated heterocycles.